The molecular formula is C47H46N10O4. The van der Waals surface area contributed by atoms with E-state index >= 15 is 4.79 Å². The van der Waals surface area contributed by atoms with Crippen LogP contribution in [0.4, 0.5) is 0 Å². The summed E-state index contributed by atoms with van der Waals surface area (Å²) < 4.78 is 14.8. The third-order valence-electron chi connectivity index (χ3n) is 11.3. The van der Waals surface area contributed by atoms with E-state index in [9.17, 15) is 4.79 Å². The number of nitrogens with zero attached hydrogens (tertiary/aromatic N) is 8. The molecule has 3 heterocycles. The van der Waals surface area contributed by atoms with Crippen molar-refractivity contribution >= 4 is 5.91 Å². The topological polar surface area (TPSA) is 171 Å². The van der Waals surface area contributed by atoms with Crippen LogP contribution in [0, 0.1) is 5.92 Å². The molecule has 14 nitrogen and oxygen atoms in total. The number of ether oxygens (including phenoxy) is 2. The second-order valence-corrected chi connectivity index (χ2v) is 15.4. The number of hydrogen-bond donors (Lipinski definition) is 2. The lowest BCUT2D eigenvalue weighted by atomic mass is 9.82. The van der Waals surface area contributed by atoms with E-state index in [0.717, 1.165) is 56.5 Å². The summed E-state index contributed by atoms with van der Waals surface area (Å²) >= 11 is 0. The molecule has 0 aliphatic heterocycles. The minimum Gasteiger partial charge on any atom is -0.350 e. The van der Waals surface area contributed by atoms with Gasteiger partial charge in [0.1, 0.15) is 5.69 Å². The van der Waals surface area contributed by atoms with Gasteiger partial charge in [-0.2, -0.15) is 0 Å². The first-order valence-corrected chi connectivity index (χ1v) is 20.1. The smallest absolute Gasteiger partial charge is 0.336 e. The van der Waals surface area contributed by atoms with Crippen molar-refractivity contribution in [3.05, 3.63) is 166 Å². The highest BCUT2D eigenvalue weighted by atomic mass is 16.7. The fraction of sp³-hybridized carbons (Fsp3) is 0.234. The van der Waals surface area contributed by atoms with Gasteiger partial charge in [0.2, 0.25) is 12.2 Å². The van der Waals surface area contributed by atoms with Crippen molar-refractivity contribution < 1.29 is 14.3 Å². The molecule has 5 aromatic carbocycles. The van der Waals surface area contributed by atoms with Crippen molar-refractivity contribution in [1.82, 2.24) is 50.4 Å². The molecular weight excluding hydrogens is 769 g/mol. The van der Waals surface area contributed by atoms with Crippen LogP contribution >= 0.6 is 0 Å². The number of tetrazole rings is 2. The predicted molar refractivity (Wildman–Crippen MR) is 231 cm³/mol. The molecule has 0 bridgehead atoms. The first-order chi connectivity index (χ1) is 29.7. The number of carbonyl (C=O) groups excluding carboxylic acids is 1. The van der Waals surface area contributed by atoms with E-state index in [2.05, 4.69) is 55.1 Å². The monoisotopic (exact) mass is 814 g/mol. The Morgan fingerprint density at radius 2 is 1.15 bits per heavy atom. The number of hydrogen-bond acceptors (Lipinski definition) is 10. The Kier molecular flexibility index (Phi) is 11.7. The van der Waals surface area contributed by atoms with Crippen LogP contribution in [-0.2, 0) is 27.9 Å². The van der Waals surface area contributed by atoms with Crippen LogP contribution in [0.3, 0.4) is 0 Å². The highest BCUT2D eigenvalue weighted by molar-refractivity contribution is 5.83. The number of nitrogens with one attached hydrogen (secondary N) is 2. The minimum absolute atomic E-state index is 0.00186. The van der Waals surface area contributed by atoms with Gasteiger partial charge in [-0.3, -0.25) is 9.36 Å². The Morgan fingerprint density at radius 3 is 1.59 bits per heavy atom. The van der Waals surface area contributed by atoms with Gasteiger partial charge in [-0.05, 0) is 85.5 Å². The maximum absolute atomic E-state index is 15.5. The van der Waals surface area contributed by atoms with E-state index in [1.807, 2.05) is 134 Å². The summed E-state index contributed by atoms with van der Waals surface area (Å²) in [7, 11) is 3.04. The fourth-order valence-electron chi connectivity index (χ4n) is 8.14. The molecule has 0 unspecified atom stereocenters. The quantitative estimate of drug-likeness (QED) is 0.0969. The van der Waals surface area contributed by atoms with Gasteiger partial charge >= 0.3 is 5.69 Å². The Balaban J connectivity index is 1.36. The molecule has 3 aromatic heterocycles. The number of imidazole rings is 1. The Labute approximate surface area is 352 Å². The number of aromatic nitrogens is 10. The minimum atomic E-state index is -1.16. The number of aromatic amines is 2. The molecule has 0 radical (unpaired) electrons. The average Bonchev–Trinajstić information content (AvgIpc) is 4.09. The largest absolute Gasteiger partial charge is 0.350 e. The zero-order valence-corrected chi connectivity index (χ0v) is 34.6. The Hall–Kier alpha value is -7.16. The molecule has 308 valence electrons. The highest BCUT2D eigenvalue weighted by Crippen LogP contribution is 2.40. The van der Waals surface area contributed by atoms with E-state index in [0.29, 0.717) is 29.5 Å². The van der Waals surface area contributed by atoms with E-state index < -0.39 is 17.5 Å². The zero-order valence-electron chi connectivity index (χ0n) is 34.6. The average molecular weight is 815 g/mol. The first kappa shape index (κ1) is 40.6. The molecule has 0 aliphatic carbocycles. The lowest BCUT2D eigenvalue weighted by Crippen LogP contribution is -2.43. The van der Waals surface area contributed by atoms with Gasteiger partial charge in [-0.15, -0.1) is 10.2 Å². The van der Waals surface area contributed by atoms with Crippen LogP contribution in [0.5, 0.6) is 0 Å². The van der Waals surface area contributed by atoms with Crippen molar-refractivity contribution in [3.8, 4) is 45.0 Å². The third kappa shape index (κ3) is 7.86. The summed E-state index contributed by atoms with van der Waals surface area (Å²) in [6, 6.07) is 41.5. The lowest BCUT2D eigenvalue weighted by Gasteiger charge is -2.34. The van der Waals surface area contributed by atoms with Gasteiger partial charge < -0.3 is 9.47 Å². The number of methoxy groups -OCH3 is 2. The number of benzene rings is 5. The number of carbonyl (C=O) groups is 1. The molecule has 8 rings (SSSR count). The summed E-state index contributed by atoms with van der Waals surface area (Å²) in [6.45, 7) is 6.31. The molecule has 0 saturated heterocycles. The van der Waals surface area contributed by atoms with Crippen LogP contribution in [0.2, 0.25) is 0 Å². The third-order valence-corrected chi connectivity index (χ3v) is 11.3. The molecule has 0 saturated carbocycles. The van der Waals surface area contributed by atoms with Gasteiger partial charge in [0.05, 0.1) is 12.0 Å². The van der Waals surface area contributed by atoms with Crippen LogP contribution in [-0.4, -0.2) is 70.5 Å². The van der Waals surface area contributed by atoms with Gasteiger partial charge in [0.25, 0.3) is 0 Å². The van der Waals surface area contributed by atoms with Gasteiger partial charge in [0.15, 0.2) is 11.6 Å². The summed E-state index contributed by atoms with van der Waals surface area (Å²) in [5, 5.41) is 29.3. The predicted octanol–water partition coefficient (Wildman–Crippen LogP) is 7.92. The molecule has 0 atom stereocenters. The number of H-pyrrole nitrogens is 2. The van der Waals surface area contributed by atoms with Gasteiger partial charge in [-0.1, -0.05) is 141 Å². The maximum atomic E-state index is 15.5. The van der Waals surface area contributed by atoms with E-state index in [-0.39, 0.29) is 18.2 Å². The lowest BCUT2D eigenvalue weighted by molar-refractivity contribution is -0.110. The van der Waals surface area contributed by atoms with Crippen LogP contribution < -0.4 is 5.69 Å². The molecule has 0 aliphatic rings. The van der Waals surface area contributed by atoms with Crippen LogP contribution in [0.25, 0.3) is 45.0 Å². The summed E-state index contributed by atoms with van der Waals surface area (Å²) in [5.41, 5.74) is 7.17. The Morgan fingerprint density at radius 1 is 0.672 bits per heavy atom. The maximum Gasteiger partial charge on any atom is 0.336 e. The zero-order chi connectivity index (χ0) is 42.5. The van der Waals surface area contributed by atoms with E-state index in [1.165, 1.54) is 18.8 Å². The molecule has 14 heteroatoms. The van der Waals surface area contributed by atoms with Crippen LogP contribution in [0.1, 0.15) is 66.4 Å². The molecule has 8 aromatic rings. The molecule has 0 fully saturated rings. The van der Waals surface area contributed by atoms with Crippen molar-refractivity contribution in [1.29, 1.82) is 0 Å². The second kappa shape index (κ2) is 17.6. The summed E-state index contributed by atoms with van der Waals surface area (Å²) in [5.74, 6) is 0.992. The van der Waals surface area contributed by atoms with Gasteiger partial charge in [-0.25, -0.2) is 19.6 Å². The highest BCUT2D eigenvalue weighted by Gasteiger charge is 2.40. The van der Waals surface area contributed by atoms with E-state index in [1.54, 1.807) is 4.57 Å². The van der Waals surface area contributed by atoms with E-state index in [4.69, 9.17) is 9.47 Å². The van der Waals surface area contributed by atoms with Crippen molar-refractivity contribution in [2.24, 2.45) is 5.92 Å². The van der Waals surface area contributed by atoms with Crippen molar-refractivity contribution in [3.63, 3.8) is 0 Å². The summed E-state index contributed by atoms with van der Waals surface area (Å²) in [4.78, 5) is 30.1. The van der Waals surface area contributed by atoms with Gasteiger partial charge in [0, 0.05) is 31.0 Å². The Bertz CT molecular complexity index is 2650. The molecule has 2 N–H and O–H groups in total. The molecule has 61 heavy (non-hydrogen) atoms. The van der Waals surface area contributed by atoms with Crippen LogP contribution in [0.15, 0.2) is 132 Å². The standard InChI is InChI=1S/C47H46N10O4/c1-30(2)19-28-40-42(45(60-4)61-5)56(41(58)29-31-13-7-6-8-14-31)46(59)57(40)47(3,34-24-20-32(21-25-34)36-15-9-11-17-38(36)43-48-52-53-49-43)35-26-22-33(23-27-35)37-16-10-12-18-39(37)44-50-54-55-51-44/h6-18,20-27,30,45H,19,28-29H2,1-5H3,(H,48,49,52,53)(H,50,51,54,55). The number of rotatable bonds is 15. The normalized spacial score (nSPS) is 11.8. The second-order valence-electron chi connectivity index (χ2n) is 15.4. The molecule has 0 amide bonds. The molecule has 0 spiro atoms. The first-order valence-electron chi connectivity index (χ1n) is 20.1. The summed E-state index contributed by atoms with van der Waals surface area (Å²) in [6.07, 6.45) is 0.203. The fourth-order valence-corrected chi connectivity index (χ4v) is 8.14. The van der Waals surface area contributed by atoms with Crippen molar-refractivity contribution in [2.45, 2.75) is 51.9 Å². The van der Waals surface area contributed by atoms with Crippen molar-refractivity contribution in [2.75, 3.05) is 14.2 Å². The SMILES string of the molecule is COC(OC)c1c(CCC(C)C)n(C(C)(c2ccc(-c3ccccc3-c3nnn[nH]3)cc2)c2ccc(-c3ccccc3-c3nnn[nH]3)cc2)c(=O)n1C(=O)Cc1ccccc1.